The molecule has 0 aliphatic heterocycles. The Morgan fingerprint density at radius 2 is 2.09 bits per heavy atom. The van der Waals surface area contributed by atoms with Crippen molar-refractivity contribution in [3.63, 3.8) is 0 Å². The smallest absolute Gasteiger partial charge is 0.177 e. The summed E-state index contributed by atoms with van der Waals surface area (Å²) in [6.07, 6.45) is 0.489. The molecular weight excluding hydrogens is 142 g/mol. The van der Waals surface area contributed by atoms with Crippen molar-refractivity contribution < 1.29 is 9.63 Å². The minimum Gasteiger partial charge on any atom is -0.399 e. The first-order chi connectivity index (χ1) is 5.07. The Morgan fingerprint density at radius 1 is 1.55 bits per heavy atom. The number of oxime groups is 1. The first kappa shape index (κ1) is 9.88. The fourth-order valence-corrected chi connectivity index (χ4v) is 0.617. The van der Waals surface area contributed by atoms with Crippen LogP contribution < -0.4 is 0 Å². The largest absolute Gasteiger partial charge is 0.399 e. The second-order valence-corrected chi connectivity index (χ2v) is 2.41. The summed E-state index contributed by atoms with van der Waals surface area (Å²) in [7, 11) is 1.42. The lowest BCUT2D eigenvalue weighted by atomic mass is 10.1. The van der Waals surface area contributed by atoms with Crippen LogP contribution in [0.3, 0.4) is 0 Å². The fourth-order valence-electron chi connectivity index (χ4n) is 0.617. The normalized spacial score (nSPS) is 11.0. The second kappa shape index (κ2) is 4.66. The lowest BCUT2D eigenvalue weighted by Crippen LogP contribution is -2.10. The van der Waals surface area contributed by atoms with E-state index in [4.69, 9.17) is 0 Å². The van der Waals surface area contributed by atoms with Gasteiger partial charge in [0.1, 0.15) is 12.8 Å². The summed E-state index contributed by atoms with van der Waals surface area (Å²) in [4.78, 5) is 15.3. The zero-order valence-corrected chi connectivity index (χ0v) is 7.18. The van der Waals surface area contributed by atoms with Crippen LogP contribution in [0.1, 0.15) is 20.3 Å². The number of nitrogens with zero attached hydrogens (tertiary/aromatic N) is 1. The standard InChI is InChI=1S/C8H13NO2/c1-6(2)5-8(7(3)10)9-11-4/h1,5H2,2-4H3/b9-8+. The monoisotopic (exact) mass is 155 g/mol. The van der Waals surface area contributed by atoms with Crippen molar-refractivity contribution in [2.75, 3.05) is 7.11 Å². The van der Waals surface area contributed by atoms with Gasteiger partial charge in [-0.05, 0) is 6.92 Å². The van der Waals surface area contributed by atoms with Gasteiger partial charge in [0.2, 0.25) is 0 Å². The predicted octanol–water partition coefficient (Wildman–Crippen LogP) is 1.54. The van der Waals surface area contributed by atoms with Gasteiger partial charge in [-0.3, -0.25) is 4.79 Å². The molecule has 62 valence electrons. The third-order valence-electron chi connectivity index (χ3n) is 1.08. The molecule has 0 unspecified atom stereocenters. The maximum atomic E-state index is 10.8. The Bertz CT molecular complexity index is 194. The molecule has 0 aliphatic rings. The average Bonchev–Trinajstić information content (AvgIpc) is 1.86. The van der Waals surface area contributed by atoms with Crippen LogP contribution in [0.4, 0.5) is 0 Å². The van der Waals surface area contributed by atoms with Crippen molar-refractivity contribution >= 4 is 11.5 Å². The Morgan fingerprint density at radius 3 is 2.36 bits per heavy atom. The van der Waals surface area contributed by atoms with Gasteiger partial charge in [0.25, 0.3) is 0 Å². The van der Waals surface area contributed by atoms with Crippen molar-refractivity contribution in [3.8, 4) is 0 Å². The lowest BCUT2D eigenvalue weighted by Gasteiger charge is -1.99. The highest BCUT2D eigenvalue weighted by Crippen LogP contribution is 1.99. The predicted molar refractivity (Wildman–Crippen MR) is 44.6 cm³/mol. The highest BCUT2D eigenvalue weighted by Gasteiger charge is 2.05. The molecule has 0 aromatic carbocycles. The van der Waals surface area contributed by atoms with Gasteiger partial charge in [-0.25, -0.2) is 0 Å². The summed E-state index contributed by atoms with van der Waals surface area (Å²) >= 11 is 0. The van der Waals surface area contributed by atoms with E-state index in [9.17, 15) is 4.79 Å². The van der Waals surface area contributed by atoms with Gasteiger partial charge in [0.05, 0.1) is 0 Å². The summed E-state index contributed by atoms with van der Waals surface area (Å²) in [6, 6.07) is 0. The highest BCUT2D eigenvalue weighted by atomic mass is 16.6. The summed E-state index contributed by atoms with van der Waals surface area (Å²) in [6.45, 7) is 6.97. The van der Waals surface area contributed by atoms with Gasteiger partial charge in [-0.2, -0.15) is 0 Å². The Balaban J connectivity index is 4.23. The molecule has 0 heterocycles. The third kappa shape index (κ3) is 4.31. The van der Waals surface area contributed by atoms with E-state index < -0.39 is 0 Å². The molecule has 0 aliphatic carbocycles. The third-order valence-corrected chi connectivity index (χ3v) is 1.08. The topological polar surface area (TPSA) is 38.7 Å². The van der Waals surface area contributed by atoms with Crippen LogP contribution in [-0.2, 0) is 9.63 Å². The van der Waals surface area contributed by atoms with E-state index in [0.29, 0.717) is 12.1 Å². The fraction of sp³-hybridized carbons (Fsp3) is 0.500. The molecule has 0 amide bonds. The molecular formula is C8H13NO2. The van der Waals surface area contributed by atoms with Crippen LogP contribution in [0.2, 0.25) is 0 Å². The van der Waals surface area contributed by atoms with Crippen LogP contribution in [0, 0.1) is 0 Å². The minimum atomic E-state index is -0.0742. The van der Waals surface area contributed by atoms with Crippen LogP contribution in [-0.4, -0.2) is 18.6 Å². The number of carbonyl (C=O) groups excluding carboxylic acids is 1. The van der Waals surface area contributed by atoms with E-state index in [0.717, 1.165) is 5.57 Å². The van der Waals surface area contributed by atoms with Crippen LogP contribution >= 0.6 is 0 Å². The maximum Gasteiger partial charge on any atom is 0.177 e. The maximum absolute atomic E-state index is 10.8. The lowest BCUT2D eigenvalue weighted by molar-refractivity contribution is -0.111. The summed E-state index contributed by atoms with van der Waals surface area (Å²) in [5.74, 6) is -0.0742. The molecule has 0 aromatic heterocycles. The van der Waals surface area contributed by atoms with Crippen molar-refractivity contribution in [2.24, 2.45) is 5.16 Å². The SMILES string of the molecule is C=C(C)C/C(=N\OC)C(C)=O. The van der Waals surface area contributed by atoms with Crippen LogP contribution in [0.15, 0.2) is 17.3 Å². The van der Waals surface area contributed by atoms with E-state index in [1.807, 2.05) is 6.92 Å². The molecule has 0 radical (unpaired) electrons. The summed E-state index contributed by atoms with van der Waals surface area (Å²) in [5, 5.41) is 3.57. The molecule has 11 heavy (non-hydrogen) atoms. The summed E-state index contributed by atoms with van der Waals surface area (Å²) < 4.78 is 0. The molecule has 3 nitrogen and oxygen atoms in total. The highest BCUT2D eigenvalue weighted by molar-refractivity contribution is 6.39. The van der Waals surface area contributed by atoms with E-state index in [1.54, 1.807) is 0 Å². The average molecular weight is 155 g/mol. The first-order valence-electron chi connectivity index (χ1n) is 3.33. The van der Waals surface area contributed by atoms with Gasteiger partial charge >= 0.3 is 0 Å². The molecule has 0 saturated carbocycles. The number of ketones is 1. The van der Waals surface area contributed by atoms with E-state index in [2.05, 4.69) is 16.6 Å². The van der Waals surface area contributed by atoms with Gasteiger partial charge in [0.15, 0.2) is 5.78 Å². The Kier molecular flexibility index (Phi) is 4.18. The summed E-state index contributed by atoms with van der Waals surface area (Å²) in [5.41, 5.74) is 1.32. The molecule has 0 N–H and O–H groups in total. The first-order valence-corrected chi connectivity index (χ1v) is 3.33. The molecule has 3 heteroatoms. The van der Waals surface area contributed by atoms with Crippen molar-refractivity contribution in [1.29, 1.82) is 0 Å². The van der Waals surface area contributed by atoms with E-state index in [1.165, 1.54) is 14.0 Å². The van der Waals surface area contributed by atoms with Gasteiger partial charge in [-0.1, -0.05) is 17.3 Å². The minimum absolute atomic E-state index is 0.0742. The van der Waals surface area contributed by atoms with Crippen LogP contribution in [0.25, 0.3) is 0 Å². The Hall–Kier alpha value is -1.12. The van der Waals surface area contributed by atoms with Crippen LogP contribution in [0.5, 0.6) is 0 Å². The van der Waals surface area contributed by atoms with Gasteiger partial charge in [0, 0.05) is 13.3 Å². The number of rotatable bonds is 4. The molecule has 0 atom stereocenters. The number of carbonyl (C=O) groups is 1. The number of hydrogen-bond donors (Lipinski definition) is 0. The second-order valence-electron chi connectivity index (χ2n) is 2.41. The van der Waals surface area contributed by atoms with E-state index >= 15 is 0 Å². The van der Waals surface area contributed by atoms with Crippen molar-refractivity contribution in [2.45, 2.75) is 20.3 Å². The quantitative estimate of drug-likeness (QED) is 0.351. The molecule has 0 saturated heterocycles. The molecule has 0 rings (SSSR count). The Labute approximate surface area is 66.7 Å². The van der Waals surface area contributed by atoms with Gasteiger partial charge in [-0.15, -0.1) is 0 Å². The molecule has 0 spiro atoms. The number of allylic oxidation sites excluding steroid dienone is 1. The van der Waals surface area contributed by atoms with E-state index in [-0.39, 0.29) is 5.78 Å². The molecule has 0 aromatic rings. The molecule has 0 bridgehead atoms. The zero-order chi connectivity index (χ0) is 8.85. The van der Waals surface area contributed by atoms with Gasteiger partial charge < -0.3 is 4.84 Å². The number of Topliss-reactive ketones (excluding diaryl/α,β-unsaturated/α-hetero) is 1. The zero-order valence-electron chi connectivity index (χ0n) is 7.18. The molecule has 0 fully saturated rings. The van der Waals surface area contributed by atoms with Crippen molar-refractivity contribution in [1.82, 2.24) is 0 Å². The van der Waals surface area contributed by atoms with Crippen molar-refractivity contribution in [3.05, 3.63) is 12.2 Å². The number of hydrogen-bond acceptors (Lipinski definition) is 3.